The highest BCUT2D eigenvalue weighted by Crippen LogP contribution is 2.33. The first-order chi connectivity index (χ1) is 8.51. The maximum atomic E-state index is 12.8. The average Bonchev–Trinajstić information content (AvgIpc) is 2.24. The van der Waals surface area contributed by atoms with Gasteiger partial charge in [0.15, 0.2) is 0 Å². The van der Waals surface area contributed by atoms with Crippen LogP contribution in [-0.2, 0) is 17.5 Å². The van der Waals surface area contributed by atoms with Gasteiger partial charge in [-0.25, -0.2) is 0 Å². The van der Waals surface area contributed by atoms with Crippen molar-refractivity contribution >= 4 is 29.2 Å². The van der Waals surface area contributed by atoms with Gasteiger partial charge in [0.2, 0.25) is 0 Å². The molecule has 1 aromatic rings. The van der Waals surface area contributed by atoms with Crippen molar-refractivity contribution in [1.82, 2.24) is 0 Å². The Morgan fingerprint density at radius 1 is 1.26 bits per heavy atom. The van der Waals surface area contributed by atoms with Crippen molar-refractivity contribution < 1.29 is 17.7 Å². The fourth-order valence-electron chi connectivity index (χ4n) is 1.15. The number of hydrogen-bond donors (Lipinski definition) is 0. The highest BCUT2D eigenvalue weighted by Gasteiger charge is 2.33. The minimum Gasteiger partial charge on any atom is -0.591 e. The number of hydrogen-bond acceptors (Lipinski definition) is 2. The number of nitrogens with zero attached hydrogens (tertiary/aromatic N) is 1. The highest BCUT2D eigenvalue weighted by atomic mass is 35.5. The standard InChI is InChI=1S/C12H13ClF3NOS/c1-11(2,3)19(18)17-7-8-4-5-9(13)6-10(8)12(14,15)16/h4-7H,1-3H3/b17-7+/t19-/m0/s1. The third-order valence-corrected chi connectivity index (χ3v) is 3.71. The lowest BCUT2D eigenvalue weighted by molar-refractivity contribution is -0.137. The van der Waals surface area contributed by atoms with E-state index in [-0.39, 0.29) is 10.6 Å². The molecule has 7 heteroatoms. The molecule has 0 bridgehead atoms. The Morgan fingerprint density at radius 2 is 1.84 bits per heavy atom. The van der Waals surface area contributed by atoms with Crippen molar-refractivity contribution in [3.8, 4) is 0 Å². The lowest BCUT2D eigenvalue weighted by Gasteiger charge is -2.18. The van der Waals surface area contributed by atoms with E-state index in [0.717, 1.165) is 12.3 Å². The molecular formula is C12H13ClF3NOS. The summed E-state index contributed by atoms with van der Waals surface area (Å²) < 4.78 is 53.1. The molecule has 0 aliphatic rings. The van der Waals surface area contributed by atoms with Crippen LogP contribution in [-0.4, -0.2) is 15.5 Å². The van der Waals surface area contributed by atoms with Crippen LogP contribution in [0.4, 0.5) is 13.2 Å². The SMILES string of the molecule is CC(C)(C)[S@+]([O-])/N=C/c1ccc(Cl)cc1C(F)(F)F. The van der Waals surface area contributed by atoms with E-state index < -0.39 is 27.8 Å². The molecule has 1 atom stereocenters. The fourth-order valence-corrected chi connectivity index (χ4v) is 1.85. The van der Waals surface area contributed by atoms with E-state index in [1.54, 1.807) is 20.8 Å². The molecule has 0 aliphatic heterocycles. The van der Waals surface area contributed by atoms with Gasteiger partial charge in [-0.2, -0.15) is 13.2 Å². The van der Waals surface area contributed by atoms with Crippen LogP contribution in [0.1, 0.15) is 31.9 Å². The zero-order valence-corrected chi connectivity index (χ0v) is 12.2. The lowest BCUT2D eigenvalue weighted by atomic mass is 10.1. The van der Waals surface area contributed by atoms with Gasteiger partial charge >= 0.3 is 6.18 Å². The molecule has 19 heavy (non-hydrogen) atoms. The Labute approximate surface area is 118 Å². The van der Waals surface area contributed by atoms with Crippen LogP contribution >= 0.6 is 11.6 Å². The van der Waals surface area contributed by atoms with Gasteiger partial charge in [0.25, 0.3) is 0 Å². The van der Waals surface area contributed by atoms with Gasteiger partial charge in [0.1, 0.15) is 16.1 Å². The molecule has 1 rings (SSSR count). The van der Waals surface area contributed by atoms with Crippen LogP contribution in [0.2, 0.25) is 5.02 Å². The van der Waals surface area contributed by atoms with Gasteiger partial charge in [-0.1, -0.05) is 22.1 Å². The monoisotopic (exact) mass is 311 g/mol. The largest absolute Gasteiger partial charge is 0.591 e. The quantitative estimate of drug-likeness (QED) is 0.594. The Hall–Kier alpha value is -0.720. The molecule has 2 nitrogen and oxygen atoms in total. The smallest absolute Gasteiger partial charge is 0.417 e. The predicted octanol–water partition coefficient (Wildman–Crippen LogP) is 4.24. The van der Waals surface area contributed by atoms with Crippen molar-refractivity contribution in [2.24, 2.45) is 4.40 Å². The predicted molar refractivity (Wildman–Crippen MR) is 71.9 cm³/mol. The summed E-state index contributed by atoms with van der Waals surface area (Å²) in [7, 11) is 0. The summed E-state index contributed by atoms with van der Waals surface area (Å²) in [5.41, 5.74) is -1.05. The molecule has 0 aromatic heterocycles. The van der Waals surface area contributed by atoms with Gasteiger partial charge < -0.3 is 4.55 Å². The van der Waals surface area contributed by atoms with Crippen LogP contribution in [0, 0.1) is 0 Å². The molecule has 106 valence electrons. The zero-order valence-electron chi connectivity index (χ0n) is 10.6. The minimum absolute atomic E-state index is 0.0126. The highest BCUT2D eigenvalue weighted by molar-refractivity contribution is 7.91. The van der Waals surface area contributed by atoms with Crippen LogP contribution in [0.5, 0.6) is 0 Å². The van der Waals surface area contributed by atoms with Crippen molar-refractivity contribution in [2.45, 2.75) is 31.7 Å². The Bertz CT molecular complexity index is 483. The zero-order chi connectivity index (χ0) is 14.8. The maximum absolute atomic E-state index is 12.8. The van der Waals surface area contributed by atoms with E-state index in [9.17, 15) is 17.7 Å². The van der Waals surface area contributed by atoms with E-state index in [2.05, 4.69) is 4.40 Å². The maximum Gasteiger partial charge on any atom is 0.417 e. The first-order valence-corrected chi connectivity index (χ1v) is 6.83. The molecule has 0 N–H and O–H groups in total. The van der Waals surface area contributed by atoms with Gasteiger partial charge in [-0.05, 0) is 32.9 Å². The summed E-state index contributed by atoms with van der Waals surface area (Å²) in [6.07, 6.45) is -3.56. The summed E-state index contributed by atoms with van der Waals surface area (Å²) >= 11 is 3.94. The normalized spacial score (nSPS) is 14.9. The second-order valence-corrected chi connectivity index (χ2v) is 7.20. The van der Waals surface area contributed by atoms with Crippen LogP contribution in [0.3, 0.4) is 0 Å². The number of halogens is 4. The van der Waals surface area contributed by atoms with Crippen LogP contribution in [0.25, 0.3) is 0 Å². The van der Waals surface area contributed by atoms with E-state index in [1.807, 2.05) is 0 Å². The first kappa shape index (κ1) is 16.3. The summed E-state index contributed by atoms with van der Waals surface area (Å²) in [6.45, 7) is 5.06. The molecular weight excluding hydrogens is 299 g/mol. The molecule has 0 saturated heterocycles. The summed E-state index contributed by atoms with van der Waals surface area (Å²) in [4.78, 5) is 0. The molecule has 0 heterocycles. The number of rotatable bonds is 2. The van der Waals surface area contributed by atoms with Crippen LogP contribution < -0.4 is 0 Å². The molecule has 0 radical (unpaired) electrons. The van der Waals surface area contributed by atoms with E-state index in [1.165, 1.54) is 12.1 Å². The molecule has 0 amide bonds. The molecule has 0 spiro atoms. The molecule has 0 saturated carbocycles. The van der Waals surface area contributed by atoms with Gasteiger partial charge in [0, 0.05) is 10.6 Å². The topological polar surface area (TPSA) is 35.4 Å². The minimum atomic E-state index is -4.53. The third-order valence-electron chi connectivity index (χ3n) is 2.13. The van der Waals surface area contributed by atoms with Gasteiger partial charge in [-0.3, -0.25) is 0 Å². The Kier molecular flexibility index (Phi) is 4.92. The Balaban J connectivity index is 3.12. The third kappa shape index (κ3) is 4.71. The molecule has 1 aromatic carbocycles. The summed E-state index contributed by atoms with van der Waals surface area (Å²) in [5.74, 6) is 0. The van der Waals surface area contributed by atoms with E-state index in [0.29, 0.717) is 0 Å². The molecule has 0 unspecified atom stereocenters. The lowest BCUT2D eigenvalue weighted by Crippen LogP contribution is -2.26. The van der Waals surface area contributed by atoms with Crippen molar-refractivity contribution in [2.75, 3.05) is 0 Å². The first-order valence-electron chi connectivity index (χ1n) is 5.34. The van der Waals surface area contributed by atoms with Crippen LogP contribution in [0.15, 0.2) is 22.6 Å². The summed E-state index contributed by atoms with van der Waals surface area (Å²) in [6, 6.07) is 3.36. The van der Waals surface area contributed by atoms with E-state index in [4.69, 9.17) is 11.6 Å². The Morgan fingerprint density at radius 3 is 2.32 bits per heavy atom. The van der Waals surface area contributed by atoms with Crippen molar-refractivity contribution in [3.05, 3.63) is 34.3 Å². The summed E-state index contributed by atoms with van der Waals surface area (Å²) in [5, 5.41) is -0.0126. The number of benzene rings is 1. The fraction of sp³-hybridized carbons (Fsp3) is 0.417. The average molecular weight is 312 g/mol. The second-order valence-electron chi connectivity index (χ2n) is 4.83. The van der Waals surface area contributed by atoms with E-state index >= 15 is 0 Å². The second kappa shape index (κ2) is 5.73. The van der Waals surface area contributed by atoms with Gasteiger partial charge in [0.05, 0.1) is 11.8 Å². The number of alkyl halides is 3. The molecule has 0 aliphatic carbocycles. The van der Waals surface area contributed by atoms with Crippen molar-refractivity contribution in [3.63, 3.8) is 0 Å². The van der Waals surface area contributed by atoms with Crippen molar-refractivity contribution in [1.29, 1.82) is 0 Å². The van der Waals surface area contributed by atoms with Gasteiger partial charge in [-0.15, -0.1) is 0 Å². The molecule has 0 fully saturated rings.